The molecule has 3 rings (SSSR count). The molecule has 0 radical (unpaired) electrons. The molecule has 0 saturated heterocycles. The molecule has 0 aromatic heterocycles. The molecule has 0 N–H and O–H groups in total. The van der Waals surface area contributed by atoms with Crippen molar-refractivity contribution in [1.29, 1.82) is 0 Å². The molecule has 0 spiro atoms. The van der Waals surface area contributed by atoms with Gasteiger partial charge in [-0.1, -0.05) is 55.5 Å². The van der Waals surface area contributed by atoms with Crippen molar-refractivity contribution in [2.75, 3.05) is 13.6 Å². The third-order valence-corrected chi connectivity index (χ3v) is 7.77. The summed E-state index contributed by atoms with van der Waals surface area (Å²) in [6.45, 7) is 9.67. The van der Waals surface area contributed by atoms with Crippen LogP contribution in [0.2, 0.25) is 19.6 Å². The van der Waals surface area contributed by atoms with E-state index in [1.165, 1.54) is 37.8 Å². The number of hydrogen-bond donors (Lipinski definition) is 0. The minimum Gasteiger partial charge on any atom is -0.302 e. The van der Waals surface area contributed by atoms with Gasteiger partial charge in [-0.15, -0.1) is 0 Å². The average molecular weight is 302 g/mol. The number of nitrogens with zero attached hydrogens (tertiary/aromatic N) is 1. The Hall–Kier alpha value is -0.603. The predicted octanol–water partition coefficient (Wildman–Crippen LogP) is 4.10. The SMILES string of the molecule is CN(Cc1ccc([Si](C)(C)C)cc1)CC1CC2CCC1C2. The Bertz CT molecular complexity index is 473. The summed E-state index contributed by atoms with van der Waals surface area (Å²) in [6, 6.07) is 9.44. The van der Waals surface area contributed by atoms with Gasteiger partial charge in [0.1, 0.15) is 0 Å². The van der Waals surface area contributed by atoms with Gasteiger partial charge >= 0.3 is 0 Å². The van der Waals surface area contributed by atoms with Crippen molar-refractivity contribution in [3.63, 3.8) is 0 Å². The first kappa shape index (κ1) is 15.3. The third-order valence-electron chi connectivity index (χ3n) is 5.70. The summed E-state index contributed by atoms with van der Waals surface area (Å²) in [7, 11) is 1.16. The molecule has 21 heavy (non-hydrogen) atoms. The lowest BCUT2D eigenvalue weighted by atomic mass is 9.88. The Morgan fingerprint density at radius 2 is 1.76 bits per heavy atom. The van der Waals surface area contributed by atoms with E-state index in [1.807, 2.05) is 0 Å². The summed E-state index contributed by atoms with van der Waals surface area (Å²) in [5.41, 5.74) is 1.47. The smallest absolute Gasteiger partial charge is 0.0775 e. The highest BCUT2D eigenvalue weighted by Crippen LogP contribution is 2.48. The zero-order valence-electron chi connectivity index (χ0n) is 14.2. The molecule has 2 fully saturated rings. The number of hydrogen-bond acceptors (Lipinski definition) is 1. The van der Waals surface area contributed by atoms with Gasteiger partial charge in [0, 0.05) is 13.1 Å². The van der Waals surface area contributed by atoms with Gasteiger partial charge in [0.05, 0.1) is 8.07 Å². The third kappa shape index (κ3) is 3.60. The second-order valence-corrected chi connectivity index (χ2v) is 13.7. The molecule has 3 unspecified atom stereocenters. The first-order valence-electron chi connectivity index (χ1n) is 8.70. The van der Waals surface area contributed by atoms with E-state index in [0.717, 1.165) is 24.3 Å². The number of rotatable bonds is 5. The second kappa shape index (κ2) is 5.89. The molecule has 3 atom stereocenters. The summed E-state index contributed by atoms with van der Waals surface area (Å²) in [4.78, 5) is 2.55. The first-order valence-corrected chi connectivity index (χ1v) is 12.2. The fraction of sp³-hybridized carbons (Fsp3) is 0.684. The summed E-state index contributed by atoms with van der Waals surface area (Å²) in [5, 5.41) is 1.57. The van der Waals surface area contributed by atoms with E-state index in [9.17, 15) is 0 Å². The largest absolute Gasteiger partial charge is 0.302 e. The summed E-state index contributed by atoms with van der Waals surface area (Å²) < 4.78 is 0. The summed E-state index contributed by atoms with van der Waals surface area (Å²) in [6.07, 6.45) is 6.06. The molecular formula is C19H31NSi. The zero-order valence-corrected chi connectivity index (χ0v) is 15.2. The maximum absolute atomic E-state index is 2.55. The van der Waals surface area contributed by atoms with Crippen molar-refractivity contribution in [3.05, 3.63) is 29.8 Å². The molecule has 2 saturated carbocycles. The molecule has 2 aliphatic carbocycles. The first-order chi connectivity index (χ1) is 9.91. The highest BCUT2D eigenvalue weighted by molar-refractivity contribution is 6.88. The molecule has 2 aliphatic rings. The van der Waals surface area contributed by atoms with E-state index in [0.29, 0.717) is 0 Å². The standard InChI is InChI=1S/C19H31NSi/c1-20(14-18-12-16-5-8-17(18)11-16)13-15-6-9-19(10-7-15)21(2,3)4/h6-7,9-10,16-18H,5,8,11-14H2,1-4H3. The zero-order chi connectivity index (χ0) is 15.0. The molecule has 2 bridgehead atoms. The topological polar surface area (TPSA) is 3.24 Å². The molecule has 2 heteroatoms. The van der Waals surface area contributed by atoms with E-state index in [1.54, 1.807) is 5.19 Å². The van der Waals surface area contributed by atoms with Crippen molar-refractivity contribution >= 4 is 13.3 Å². The van der Waals surface area contributed by atoms with E-state index < -0.39 is 8.07 Å². The lowest BCUT2D eigenvalue weighted by Gasteiger charge is -2.27. The molecule has 1 aromatic rings. The number of fused-ring (bicyclic) bond motifs is 2. The van der Waals surface area contributed by atoms with Crippen LogP contribution in [-0.2, 0) is 6.54 Å². The van der Waals surface area contributed by atoms with E-state index >= 15 is 0 Å². The van der Waals surface area contributed by atoms with Crippen LogP contribution in [0.25, 0.3) is 0 Å². The molecular weight excluding hydrogens is 270 g/mol. The Morgan fingerprint density at radius 1 is 1.05 bits per heavy atom. The quantitative estimate of drug-likeness (QED) is 0.740. The molecule has 1 nitrogen and oxygen atoms in total. The maximum atomic E-state index is 2.55. The number of benzene rings is 1. The monoisotopic (exact) mass is 301 g/mol. The summed E-state index contributed by atoms with van der Waals surface area (Å²) >= 11 is 0. The minimum absolute atomic E-state index is 0.981. The molecule has 0 heterocycles. The molecule has 0 aliphatic heterocycles. The highest BCUT2D eigenvalue weighted by atomic mass is 28.3. The highest BCUT2D eigenvalue weighted by Gasteiger charge is 2.39. The van der Waals surface area contributed by atoms with Gasteiger partial charge < -0.3 is 4.90 Å². The van der Waals surface area contributed by atoms with Gasteiger partial charge in [0.2, 0.25) is 0 Å². The van der Waals surface area contributed by atoms with Crippen molar-refractivity contribution in [2.24, 2.45) is 17.8 Å². The predicted molar refractivity (Wildman–Crippen MR) is 94.7 cm³/mol. The van der Waals surface area contributed by atoms with Crippen LogP contribution in [0, 0.1) is 17.8 Å². The fourth-order valence-electron chi connectivity index (χ4n) is 4.49. The molecule has 0 amide bonds. The van der Waals surface area contributed by atoms with Gasteiger partial charge in [0.15, 0.2) is 0 Å². The van der Waals surface area contributed by atoms with Crippen LogP contribution in [0.1, 0.15) is 31.2 Å². The van der Waals surface area contributed by atoms with E-state index in [-0.39, 0.29) is 0 Å². The Balaban J connectivity index is 1.54. The van der Waals surface area contributed by atoms with Crippen molar-refractivity contribution in [3.8, 4) is 0 Å². The lowest BCUT2D eigenvalue weighted by molar-refractivity contribution is 0.214. The van der Waals surface area contributed by atoms with Gasteiger partial charge in [-0.25, -0.2) is 0 Å². The van der Waals surface area contributed by atoms with Crippen LogP contribution >= 0.6 is 0 Å². The van der Waals surface area contributed by atoms with Crippen LogP contribution in [-0.4, -0.2) is 26.6 Å². The van der Waals surface area contributed by atoms with Crippen LogP contribution < -0.4 is 5.19 Å². The van der Waals surface area contributed by atoms with Crippen molar-refractivity contribution < 1.29 is 0 Å². The Labute approximate surface area is 131 Å². The van der Waals surface area contributed by atoms with Crippen molar-refractivity contribution in [1.82, 2.24) is 4.90 Å². The van der Waals surface area contributed by atoms with Gasteiger partial charge in [-0.2, -0.15) is 0 Å². The molecule has 1 aromatic carbocycles. The van der Waals surface area contributed by atoms with Gasteiger partial charge in [0.25, 0.3) is 0 Å². The second-order valence-electron chi connectivity index (χ2n) is 8.58. The van der Waals surface area contributed by atoms with E-state index in [4.69, 9.17) is 0 Å². The van der Waals surface area contributed by atoms with E-state index in [2.05, 4.69) is 55.9 Å². The van der Waals surface area contributed by atoms with Gasteiger partial charge in [-0.05, 0) is 49.6 Å². The fourth-order valence-corrected chi connectivity index (χ4v) is 5.65. The van der Waals surface area contributed by atoms with Crippen molar-refractivity contribution in [2.45, 2.75) is 51.9 Å². The van der Waals surface area contributed by atoms with Crippen LogP contribution in [0.4, 0.5) is 0 Å². The Kier molecular flexibility index (Phi) is 4.29. The molecule has 116 valence electrons. The lowest BCUT2D eigenvalue weighted by Crippen LogP contribution is -2.37. The summed E-state index contributed by atoms with van der Waals surface area (Å²) in [5.74, 6) is 3.10. The Morgan fingerprint density at radius 3 is 2.29 bits per heavy atom. The van der Waals surface area contributed by atoms with Crippen LogP contribution in [0.3, 0.4) is 0 Å². The minimum atomic E-state index is -1.15. The maximum Gasteiger partial charge on any atom is 0.0775 e. The average Bonchev–Trinajstić information content (AvgIpc) is 3.00. The normalized spacial score (nSPS) is 28.5. The van der Waals surface area contributed by atoms with Crippen LogP contribution in [0.15, 0.2) is 24.3 Å². The van der Waals surface area contributed by atoms with Crippen LogP contribution in [0.5, 0.6) is 0 Å². The van der Waals surface area contributed by atoms with Gasteiger partial charge in [-0.3, -0.25) is 0 Å².